The number of benzene rings is 3. The Morgan fingerprint density at radius 2 is 1.58 bits per heavy atom. The van der Waals surface area contributed by atoms with Gasteiger partial charge in [0.15, 0.2) is 0 Å². The highest BCUT2D eigenvalue weighted by Gasteiger charge is 2.41. The van der Waals surface area contributed by atoms with Crippen LogP contribution in [-0.2, 0) is 21.5 Å². The standard InChI is InChI=1S/C23H23NO2/c25-22(23(13-15-26-16-14-23)20-10-2-1-3-11-20)24-17-19-9-6-8-18-7-4-5-12-21(18)19/h1-12H,13-17H2,(H,24,25). The lowest BCUT2D eigenvalue weighted by Crippen LogP contribution is -2.47. The van der Waals surface area contributed by atoms with E-state index in [2.05, 4.69) is 41.7 Å². The first-order valence-electron chi connectivity index (χ1n) is 9.18. The van der Waals surface area contributed by atoms with Crippen LogP contribution >= 0.6 is 0 Å². The first-order chi connectivity index (χ1) is 12.8. The van der Waals surface area contributed by atoms with E-state index in [0.29, 0.717) is 19.8 Å². The molecule has 1 amide bonds. The van der Waals surface area contributed by atoms with Gasteiger partial charge in [-0.2, -0.15) is 0 Å². The number of fused-ring (bicyclic) bond motifs is 1. The van der Waals surface area contributed by atoms with Gasteiger partial charge in [0.25, 0.3) is 0 Å². The Hall–Kier alpha value is -2.65. The summed E-state index contributed by atoms with van der Waals surface area (Å²) in [6.45, 7) is 1.78. The van der Waals surface area contributed by atoms with Gasteiger partial charge in [-0.25, -0.2) is 0 Å². The van der Waals surface area contributed by atoms with Crippen molar-refractivity contribution in [2.75, 3.05) is 13.2 Å². The number of amides is 1. The molecule has 3 nitrogen and oxygen atoms in total. The maximum Gasteiger partial charge on any atom is 0.231 e. The number of rotatable bonds is 4. The van der Waals surface area contributed by atoms with Gasteiger partial charge in [-0.05, 0) is 34.7 Å². The minimum atomic E-state index is -0.496. The van der Waals surface area contributed by atoms with E-state index in [4.69, 9.17) is 4.74 Å². The summed E-state index contributed by atoms with van der Waals surface area (Å²) in [6.07, 6.45) is 1.44. The van der Waals surface area contributed by atoms with Gasteiger partial charge in [-0.1, -0.05) is 72.8 Å². The van der Waals surface area contributed by atoms with Crippen LogP contribution in [-0.4, -0.2) is 19.1 Å². The van der Waals surface area contributed by atoms with E-state index in [1.54, 1.807) is 0 Å². The SMILES string of the molecule is O=C(NCc1cccc2ccccc12)C1(c2ccccc2)CCOCC1. The van der Waals surface area contributed by atoms with Gasteiger partial charge < -0.3 is 10.1 Å². The summed E-state index contributed by atoms with van der Waals surface area (Å²) in [6, 6.07) is 24.6. The average Bonchev–Trinajstić information content (AvgIpc) is 2.73. The second-order valence-electron chi connectivity index (χ2n) is 6.88. The second kappa shape index (κ2) is 7.30. The van der Waals surface area contributed by atoms with Gasteiger partial charge in [-0.15, -0.1) is 0 Å². The molecular weight excluding hydrogens is 322 g/mol. The zero-order valence-corrected chi connectivity index (χ0v) is 14.8. The van der Waals surface area contributed by atoms with Crippen molar-refractivity contribution < 1.29 is 9.53 Å². The smallest absolute Gasteiger partial charge is 0.231 e. The van der Waals surface area contributed by atoms with Crippen LogP contribution in [0.1, 0.15) is 24.0 Å². The fourth-order valence-electron chi connectivity index (χ4n) is 3.92. The first kappa shape index (κ1) is 16.8. The molecule has 0 unspecified atom stereocenters. The second-order valence-corrected chi connectivity index (χ2v) is 6.88. The minimum Gasteiger partial charge on any atom is -0.381 e. The number of hydrogen-bond donors (Lipinski definition) is 1. The molecule has 3 aromatic carbocycles. The fourth-order valence-corrected chi connectivity index (χ4v) is 3.92. The molecule has 1 aliphatic heterocycles. The van der Waals surface area contributed by atoms with Crippen molar-refractivity contribution in [1.82, 2.24) is 5.32 Å². The zero-order chi connectivity index (χ0) is 17.8. The van der Waals surface area contributed by atoms with Gasteiger partial charge >= 0.3 is 0 Å². The monoisotopic (exact) mass is 345 g/mol. The third-order valence-corrected chi connectivity index (χ3v) is 5.43. The van der Waals surface area contributed by atoms with Gasteiger partial charge in [0.1, 0.15) is 0 Å². The summed E-state index contributed by atoms with van der Waals surface area (Å²) in [4.78, 5) is 13.3. The maximum atomic E-state index is 13.3. The summed E-state index contributed by atoms with van der Waals surface area (Å²) in [5.74, 6) is 0.0972. The lowest BCUT2D eigenvalue weighted by atomic mass is 9.73. The predicted octanol–water partition coefficient (Wildman–Crippen LogP) is 4.20. The molecule has 0 radical (unpaired) electrons. The predicted molar refractivity (Wildman–Crippen MR) is 104 cm³/mol. The molecule has 0 saturated carbocycles. The summed E-state index contributed by atoms with van der Waals surface area (Å²) in [5.41, 5.74) is 1.73. The molecule has 132 valence electrons. The largest absolute Gasteiger partial charge is 0.381 e. The van der Waals surface area contributed by atoms with Crippen molar-refractivity contribution in [3.8, 4) is 0 Å². The summed E-state index contributed by atoms with van der Waals surface area (Å²) >= 11 is 0. The van der Waals surface area contributed by atoms with Crippen LogP contribution in [0.2, 0.25) is 0 Å². The highest BCUT2D eigenvalue weighted by Crippen LogP contribution is 2.35. The lowest BCUT2D eigenvalue weighted by molar-refractivity contribution is -0.130. The molecule has 0 aliphatic carbocycles. The molecule has 3 aromatic rings. The molecule has 1 N–H and O–H groups in total. The highest BCUT2D eigenvalue weighted by molar-refractivity contribution is 5.89. The molecule has 0 atom stereocenters. The molecule has 0 bridgehead atoms. The van der Waals surface area contributed by atoms with Crippen LogP contribution in [0.25, 0.3) is 10.8 Å². The van der Waals surface area contributed by atoms with Gasteiger partial charge in [0.05, 0.1) is 5.41 Å². The van der Waals surface area contributed by atoms with Gasteiger partial charge in [-0.3, -0.25) is 4.79 Å². The Bertz CT molecular complexity index is 893. The molecule has 0 aromatic heterocycles. The molecular formula is C23H23NO2. The van der Waals surface area contributed by atoms with Crippen LogP contribution in [0.5, 0.6) is 0 Å². The third kappa shape index (κ3) is 3.11. The van der Waals surface area contributed by atoms with Crippen molar-refractivity contribution >= 4 is 16.7 Å². The molecule has 4 rings (SSSR count). The first-order valence-corrected chi connectivity index (χ1v) is 9.18. The lowest BCUT2D eigenvalue weighted by Gasteiger charge is -2.36. The Labute approximate surface area is 154 Å². The van der Waals surface area contributed by atoms with E-state index in [0.717, 1.165) is 24.0 Å². The minimum absolute atomic E-state index is 0.0972. The number of carbonyl (C=O) groups excluding carboxylic acids is 1. The van der Waals surface area contributed by atoms with Crippen molar-refractivity contribution in [3.63, 3.8) is 0 Å². The Kier molecular flexibility index (Phi) is 4.72. The molecule has 1 aliphatic rings. The van der Waals surface area contributed by atoms with Gasteiger partial charge in [0, 0.05) is 19.8 Å². The Morgan fingerprint density at radius 1 is 0.885 bits per heavy atom. The maximum absolute atomic E-state index is 13.3. The van der Waals surface area contributed by atoms with E-state index in [1.165, 1.54) is 10.8 Å². The van der Waals surface area contributed by atoms with Crippen molar-refractivity contribution in [3.05, 3.63) is 83.9 Å². The van der Waals surface area contributed by atoms with Crippen LogP contribution in [0.15, 0.2) is 72.8 Å². The average molecular weight is 345 g/mol. The highest BCUT2D eigenvalue weighted by atomic mass is 16.5. The van der Waals surface area contributed by atoms with Crippen LogP contribution in [0.4, 0.5) is 0 Å². The molecule has 26 heavy (non-hydrogen) atoms. The van der Waals surface area contributed by atoms with Crippen molar-refractivity contribution in [2.45, 2.75) is 24.8 Å². The topological polar surface area (TPSA) is 38.3 Å². The molecule has 0 spiro atoms. The van der Waals surface area contributed by atoms with E-state index in [-0.39, 0.29) is 5.91 Å². The van der Waals surface area contributed by atoms with E-state index in [9.17, 15) is 4.79 Å². The number of hydrogen-bond acceptors (Lipinski definition) is 2. The molecule has 1 fully saturated rings. The van der Waals surface area contributed by atoms with Crippen LogP contribution in [0.3, 0.4) is 0 Å². The van der Waals surface area contributed by atoms with Crippen LogP contribution in [0, 0.1) is 0 Å². The molecule has 3 heteroatoms. The number of ether oxygens (including phenoxy) is 1. The van der Waals surface area contributed by atoms with Crippen LogP contribution < -0.4 is 5.32 Å². The summed E-state index contributed by atoms with van der Waals surface area (Å²) in [5, 5.41) is 5.59. The number of carbonyl (C=O) groups is 1. The quantitative estimate of drug-likeness (QED) is 0.769. The third-order valence-electron chi connectivity index (χ3n) is 5.43. The van der Waals surface area contributed by atoms with Gasteiger partial charge in [0.2, 0.25) is 5.91 Å². The summed E-state index contributed by atoms with van der Waals surface area (Å²) < 4.78 is 5.54. The van der Waals surface area contributed by atoms with E-state index in [1.807, 2.05) is 36.4 Å². The van der Waals surface area contributed by atoms with Crippen molar-refractivity contribution in [1.29, 1.82) is 0 Å². The zero-order valence-electron chi connectivity index (χ0n) is 14.8. The Balaban J connectivity index is 1.59. The number of nitrogens with one attached hydrogen (secondary N) is 1. The molecule has 1 heterocycles. The van der Waals surface area contributed by atoms with E-state index >= 15 is 0 Å². The molecule has 1 saturated heterocycles. The summed E-state index contributed by atoms with van der Waals surface area (Å²) in [7, 11) is 0. The Morgan fingerprint density at radius 3 is 2.38 bits per heavy atom. The van der Waals surface area contributed by atoms with Crippen molar-refractivity contribution in [2.24, 2.45) is 0 Å². The normalized spacial score (nSPS) is 16.3. The fraction of sp³-hybridized carbons (Fsp3) is 0.261. The van der Waals surface area contributed by atoms with E-state index < -0.39 is 5.41 Å².